The zero-order valence-electron chi connectivity index (χ0n) is 17.0. The van der Waals surface area contributed by atoms with Crippen LogP contribution in [0.1, 0.15) is 37.3 Å². The Morgan fingerprint density at radius 2 is 1.87 bits per heavy atom. The third-order valence-electron chi connectivity index (χ3n) is 4.88. The lowest BCUT2D eigenvalue weighted by molar-refractivity contribution is -0.137. The standard InChI is InChI=1S/C21H24F3N5O2/c1-14(20(30)27-17-7-5-16(6-8-17)21(22,23)24)31-28-19(25)15-9-10-26-18(13-15)29-11-3-2-4-12-29/h5-10,13-14H,2-4,11-12H2,1H3,(H2,25,28)(H,27,30). The number of carbonyl (C=O) groups excluding carboxylic acids is 1. The molecule has 3 rings (SSSR count). The molecule has 1 aliphatic heterocycles. The van der Waals surface area contributed by atoms with Crippen molar-refractivity contribution < 1.29 is 22.8 Å². The third kappa shape index (κ3) is 6.09. The van der Waals surface area contributed by atoms with Crippen LogP contribution in [0, 0.1) is 0 Å². The number of hydrogen-bond donors (Lipinski definition) is 2. The van der Waals surface area contributed by atoms with Crippen LogP contribution in [-0.4, -0.2) is 35.9 Å². The van der Waals surface area contributed by atoms with Crippen molar-refractivity contribution >= 4 is 23.2 Å². The minimum absolute atomic E-state index is 0.0924. The molecule has 7 nitrogen and oxygen atoms in total. The van der Waals surface area contributed by atoms with Crippen molar-refractivity contribution in [2.45, 2.75) is 38.5 Å². The molecule has 1 atom stereocenters. The van der Waals surface area contributed by atoms with Crippen LogP contribution in [0.4, 0.5) is 24.7 Å². The van der Waals surface area contributed by atoms with Gasteiger partial charge >= 0.3 is 6.18 Å². The molecule has 0 spiro atoms. The normalized spacial score (nSPS) is 16.0. The Kier molecular flexibility index (Phi) is 6.98. The van der Waals surface area contributed by atoms with Crippen LogP contribution in [0.3, 0.4) is 0 Å². The van der Waals surface area contributed by atoms with E-state index < -0.39 is 23.8 Å². The number of hydrogen-bond acceptors (Lipinski definition) is 5. The predicted molar refractivity (Wildman–Crippen MR) is 112 cm³/mol. The number of carbonyl (C=O) groups is 1. The highest BCUT2D eigenvalue weighted by Crippen LogP contribution is 2.29. The van der Waals surface area contributed by atoms with Crippen molar-refractivity contribution in [2.24, 2.45) is 10.9 Å². The van der Waals surface area contributed by atoms with Crippen LogP contribution in [0.15, 0.2) is 47.8 Å². The van der Waals surface area contributed by atoms with E-state index in [1.54, 1.807) is 12.3 Å². The first-order valence-electron chi connectivity index (χ1n) is 9.93. The molecule has 31 heavy (non-hydrogen) atoms. The van der Waals surface area contributed by atoms with Gasteiger partial charge in [-0.3, -0.25) is 4.79 Å². The number of alkyl halides is 3. The summed E-state index contributed by atoms with van der Waals surface area (Å²) in [4.78, 5) is 24.0. The molecule has 166 valence electrons. The number of nitrogens with two attached hydrogens (primary N) is 1. The Morgan fingerprint density at radius 3 is 2.52 bits per heavy atom. The Labute approximate surface area is 178 Å². The summed E-state index contributed by atoms with van der Waals surface area (Å²) in [5, 5.41) is 6.31. The molecule has 3 N–H and O–H groups in total. The van der Waals surface area contributed by atoms with E-state index in [2.05, 4.69) is 20.4 Å². The lowest BCUT2D eigenvalue weighted by Crippen LogP contribution is -2.30. The fourth-order valence-electron chi connectivity index (χ4n) is 3.10. The van der Waals surface area contributed by atoms with Crippen LogP contribution >= 0.6 is 0 Å². The highest BCUT2D eigenvalue weighted by Gasteiger charge is 2.30. The fraction of sp³-hybridized carbons (Fsp3) is 0.381. The number of nitrogens with one attached hydrogen (secondary N) is 1. The van der Waals surface area contributed by atoms with Gasteiger partial charge < -0.3 is 20.8 Å². The second-order valence-corrected chi connectivity index (χ2v) is 7.24. The van der Waals surface area contributed by atoms with Gasteiger partial charge in [-0.2, -0.15) is 13.2 Å². The van der Waals surface area contributed by atoms with E-state index >= 15 is 0 Å². The maximum Gasteiger partial charge on any atom is 0.416 e. The lowest BCUT2D eigenvalue weighted by atomic mass is 10.1. The number of oxime groups is 1. The molecule has 10 heteroatoms. The molecule has 0 saturated carbocycles. The number of amides is 1. The predicted octanol–water partition coefficient (Wildman–Crippen LogP) is 3.75. The number of amidine groups is 1. The van der Waals surface area contributed by atoms with E-state index in [4.69, 9.17) is 10.6 Å². The molecule has 1 unspecified atom stereocenters. The number of pyridine rings is 1. The van der Waals surface area contributed by atoms with Gasteiger partial charge in [-0.25, -0.2) is 4.98 Å². The Morgan fingerprint density at radius 1 is 1.19 bits per heavy atom. The molecule has 2 heterocycles. The summed E-state index contributed by atoms with van der Waals surface area (Å²) in [5.41, 5.74) is 6.02. The van der Waals surface area contributed by atoms with Gasteiger partial charge in [0.15, 0.2) is 5.84 Å². The average Bonchev–Trinajstić information content (AvgIpc) is 2.77. The lowest BCUT2D eigenvalue weighted by Gasteiger charge is -2.27. The van der Waals surface area contributed by atoms with Gasteiger partial charge in [-0.1, -0.05) is 5.16 Å². The molecule has 1 aromatic carbocycles. The second kappa shape index (κ2) is 9.67. The number of benzene rings is 1. The van der Waals surface area contributed by atoms with E-state index in [0.717, 1.165) is 43.9 Å². The quantitative estimate of drug-likeness (QED) is 0.410. The summed E-state index contributed by atoms with van der Waals surface area (Å²) in [5.74, 6) is 0.332. The minimum Gasteiger partial charge on any atom is -0.381 e. The molecule has 2 aromatic rings. The van der Waals surface area contributed by atoms with Crippen molar-refractivity contribution in [3.63, 3.8) is 0 Å². The van der Waals surface area contributed by atoms with Crippen LogP contribution < -0.4 is 16.0 Å². The molecule has 1 aliphatic rings. The van der Waals surface area contributed by atoms with Crippen molar-refractivity contribution in [2.75, 3.05) is 23.3 Å². The van der Waals surface area contributed by atoms with E-state index in [-0.39, 0.29) is 11.5 Å². The first-order valence-corrected chi connectivity index (χ1v) is 9.93. The van der Waals surface area contributed by atoms with Crippen molar-refractivity contribution in [1.29, 1.82) is 0 Å². The van der Waals surface area contributed by atoms with Gasteiger partial charge in [0, 0.05) is 30.5 Å². The highest BCUT2D eigenvalue weighted by molar-refractivity contribution is 5.98. The Balaban J connectivity index is 1.58. The van der Waals surface area contributed by atoms with Gasteiger partial charge in [-0.15, -0.1) is 0 Å². The molecular formula is C21H24F3N5O2. The summed E-state index contributed by atoms with van der Waals surface area (Å²) in [6.45, 7) is 3.33. The number of rotatable bonds is 6. The molecular weight excluding hydrogens is 411 g/mol. The first-order chi connectivity index (χ1) is 14.7. The van der Waals surface area contributed by atoms with Crippen molar-refractivity contribution in [3.8, 4) is 0 Å². The number of halogens is 3. The van der Waals surface area contributed by atoms with Gasteiger partial charge in [0.05, 0.1) is 5.56 Å². The molecule has 1 saturated heterocycles. The van der Waals surface area contributed by atoms with Gasteiger partial charge in [0.2, 0.25) is 6.10 Å². The summed E-state index contributed by atoms with van der Waals surface area (Å²) in [6.07, 6.45) is -0.368. The topological polar surface area (TPSA) is 92.8 Å². The number of nitrogens with zero attached hydrogens (tertiary/aromatic N) is 3. The SMILES string of the molecule is CC(ON=C(N)c1ccnc(N2CCCCC2)c1)C(=O)Nc1ccc(C(F)(F)F)cc1. The Hall–Kier alpha value is -3.30. The molecule has 1 aromatic heterocycles. The van der Waals surface area contributed by atoms with Crippen LogP contribution in [-0.2, 0) is 15.8 Å². The minimum atomic E-state index is -4.44. The van der Waals surface area contributed by atoms with E-state index in [1.165, 1.54) is 25.5 Å². The summed E-state index contributed by atoms with van der Waals surface area (Å²) in [7, 11) is 0. The average molecular weight is 435 g/mol. The molecule has 1 fully saturated rings. The van der Waals surface area contributed by atoms with Crippen molar-refractivity contribution in [1.82, 2.24) is 4.98 Å². The number of piperidine rings is 1. The fourth-order valence-corrected chi connectivity index (χ4v) is 3.10. The van der Waals surface area contributed by atoms with Crippen LogP contribution in [0.25, 0.3) is 0 Å². The van der Waals surface area contributed by atoms with E-state index in [9.17, 15) is 18.0 Å². The van der Waals surface area contributed by atoms with Gasteiger partial charge in [0.1, 0.15) is 5.82 Å². The number of aromatic nitrogens is 1. The van der Waals surface area contributed by atoms with Crippen LogP contribution in [0.2, 0.25) is 0 Å². The summed E-state index contributed by atoms with van der Waals surface area (Å²) in [6, 6.07) is 7.64. The maximum absolute atomic E-state index is 12.6. The maximum atomic E-state index is 12.6. The third-order valence-corrected chi connectivity index (χ3v) is 4.88. The zero-order chi connectivity index (χ0) is 22.4. The van der Waals surface area contributed by atoms with Crippen LogP contribution in [0.5, 0.6) is 0 Å². The van der Waals surface area contributed by atoms with Gasteiger partial charge in [0.25, 0.3) is 5.91 Å². The van der Waals surface area contributed by atoms with E-state index in [0.29, 0.717) is 5.56 Å². The second-order valence-electron chi connectivity index (χ2n) is 7.24. The summed E-state index contributed by atoms with van der Waals surface area (Å²) >= 11 is 0. The smallest absolute Gasteiger partial charge is 0.381 e. The van der Waals surface area contributed by atoms with Gasteiger partial charge in [-0.05, 0) is 62.6 Å². The molecule has 1 amide bonds. The molecule has 0 bridgehead atoms. The highest BCUT2D eigenvalue weighted by atomic mass is 19.4. The molecule has 0 radical (unpaired) electrons. The monoisotopic (exact) mass is 435 g/mol. The first kappa shape index (κ1) is 22.4. The van der Waals surface area contributed by atoms with Crippen molar-refractivity contribution in [3.05, 3.63) is 53.7 Å². The largest absolute Gasteiger partial charge is 0.416 e. The number of anilines is 2. The molecule has 0 aliphatic carbocycles. The summed E-state index contributed by atoms with van der Waals surface area (Å²) < 4.78 is 37.8. The Bertz CT molecular complexity index is 925. The zero-order valence-corrected chi connectivity index (χ0v) is 17.0. The van der Waals surface area contributed by atoms with E-state index in [1.807, 2.05) is 6.07 Å².